The average molecular weight is 266 g/mol. The van der Waals surface area contributed by atoms with Gasteiger partial charge in [0.1, 0.15) is 5.82 Å². The normalized spacial score (nSPS) is 20.8. The molecule has 19 heavy (non-hydrogen) atoms. The van der Waals surface area contributed by atoms with Crippen molar-refractivity contribution in [2.24, 2.45) is 0 Å². The highest BCUT2D eigenvalue weighted by atomic mass is 19.1. The number of aliphatic hydroxyl groups is 1. The number of nitrogens with zero attached hydrogens (tertiary/aromatic N) is 1. The third-order valence-corrected chi connectivity index (χ3v) is 4.14. The Morgan fingerprint density at radius 3 is 2.84 bits per heavy atom. The van der Waals surface area contributed by atoms with E-state index < -0.39 is 5.54 Å². The van der Waals surface area contributed by atoms with Crippen molar-refractivity contribution in [2.45, 2.75) is 25.8 Å². The van der Waals surface area contributed by atoms with Gasteiger partial charge in [-0.15, -0.1) is 0 Å². The summed E-state index contributed by atoms with van der Waals surface area (Å²) in [5.74, 6) is -0.204. The molecule has 0 saturated carbocycles. The summed E-state index contributed by atoms with van der Waals surface area (Å²) in [7, 11) is 0. The molecule has 3 nitrogen and oxygen atoms in total. The van der Waals surface area contributed by atoms with E-state index in [9.17, 15) is 9.50 Å². The minimum absolute atomic E-state index is 0.00446. The topological polar surface area (TPSA) is 35.5 Å². The average Bonchev–Trinajstić information content (AvgIpc) is 2.70. The summed E-state index contributed by atoms with van der Waals surface area (Å²) < 4.78 is 13.8. The first-order valence-corrected chi connectivity index (χ1v) is 6.91. The lowest BCUT2D eigenvalue weighted by atomic mass is 9.89. The van der Waals surface area contributed by atoms with Gasteiger partial charge >= 0.3 is 0 Å². The van der Waals surface area contributed by atoms with Gasteiger partial charge in [-0.3, -0.25) is 4.90 Å². The van der Waals surface area contributed by atoms with Crippen LogP contribution in [0, 0.1) is 12.7 Å². The summed E-state index contributed by atoms with van der Waals surface area (Å²) in [5.41, 5.74) is 0.974. The third-order valence-electron chi connectivity index (χ3n) is 4.14. The highest BCUT2D eigenvalue weighted by Gasteiger charge is 2.33. The van der Waals surface area contributed by atoms with Crippen molar-refractivity contribution in [1.82, 2.24) is 10.2 Å². The predicted octanol–water partition coefficient (Wildman–Crippen LogP) is 1.64. The molecular formula is C15H23FN2O. The molecule has 2 N–H and O–H groups in total. The Hall–Kier alpha value is -0.970. The SMILES string of the molecule is Cc1ccc(C(C)(CO)N2CCCNCC2)cc1F. The Morgan fingerprint density at radius 1 is 1.37 bits per heavy atom. The summed E-state index contributed by atoms with van der Waals surface area (Å²) in [5, 5.41) is 13.2. The highest BCUT2D eigenvalue weighted by molar-refractivity contribution is 5.29. The fourth-order valence-electron chi connectivity index (χ4n) is 2.64. The number of benzene rings is 1. The second kappa shape index (κ2) is 5.99. The van der Waals surface area contributed by atoms with Crippen molar-refractivity contribution >= 4 is 0 Å². The van der Waals surface area contributed by atoms with Crippen LogP contribution in [0.5, 0.6) is 0 Å². The van der Waals surface area contributed by atoms with Gasteiger partial charge in [-0.1, -0.05) is 12.1 Å². The zero-order valence-electron chi connectivity index (χ0n) is 11.7. The minimum Gasteiger partial charge on any atom is -0.394 e. The van der Waals surface area contributed by atoms with Crippen LogP contribution in [-0.2, 0) is 5.54 Å². The molecule has 4 heteroatoms. The van der Waals surface area contributed by atoms with E-state index in [2.05, 4.69) is 10.2 Å². The lowest BCUT2D eigenvalue weighted by Gasteiger charge is -2.40. The Bertz CT molecular complexity index is 430. The summed E-state index contributed by atoms with van der Waals surface area (Å²) in [4.78, 5) is 2.25. The van der Waals surface area contributed by atoms with Crippen molar-refractivity contribution in [3.05, 3.63) is 35.1 Å². The first-order valence-electron chi connectivity index (χ1n) is 6.91. The van der Waals surface area contributed by atoms with E-state index in [0.717, 1.165) is 38.2 Å². The van der Waals surface area contributed by atoms with Crippen LogP contribution in [-0.4, -0.2) is 42.8 Å². The van der Waals surface area contributed by atoms with E-state index in [1.807, 2.05) is 13.0 Å². The molecule has 1 atom stereocenters. The zero-order chi connectivity index (χ0) is 13.9. The van der Waals surface area contributed by atoms with Crippen molar-refractivity contribution in [1.29, 1.82) is 0 Å². The molecular weight excluding hydrogens is 243 g/mol. The van der Waals surface area contributed by atoms with Gasteiger partial charge in [-0.2, -0.15) is 0 Å². The lowest BCUT2D eigenvalue weighted by molar-refractivity contribution is 0.0450. The Morgan fingerprint density at radius 2 is 2.16 bits per heavy atom. The second-order valence-corrected chi connectivity index (χ2v) is 5.49. The Kier molecular flexibility index (Phi) is 4.55. The molecule has 1 aliphatic rings. The third kappa shape index (κ3) is 2.96. The predicted molar refractivity (Wildman–Crippen MR) is 74.6 cm³/mol. The van der Waals surface area contributed by atoms with E-state index in [4.69, 9.17) is 0 Å². The maximum atomic E-state index is 13.8. The van der Waals surface area contributed by atoms with Crippen LogP contribution in [0.25, 0.3) is 0 Å². The molecule has 1 fully saturated rings. The summed E-state index contributed by atoms with van der Waals surface area (Å²) >= 11 is 0. The van der Waals surface area contributed by atoms with Crippen LogP contribution in [0.2, 0.25) is 0 Å². The minimum atomic E-state index is -0.513. The van der Waals surface area contributed by atoms with E-state index >= 15 is 0 Å². The van der Waals surface area contributed by atoms with E-state index in [0.29, 0.717) is 5.56 Å². The zero-order valence-corrected chi connectivity index (χ0v) is 11.7. The van der Waals surface area contributed by atoms with Gasteiger partial charge in [-0.25, -0.2) is 4.39 Å². The maximum absolute atomic E-state index is 13.8. The van der Waals surface area contributed by atoms with Gasteiger partial charge in [0.05, 0.1) is 12.1 Å². The summed E-state index contributed by atoms with van der Waals surface area (Å²) in [6.07, 6.45) is 1.05. The quantitative estimate of drug-likeness (QED) is 0.873. The molecule has 1 heterocycles. The first-order chi connectivity index (χ1) is 9.08. The van der Waals surface area contributed by atoms with E-state index in [1.165, 1.54) is 0 Å². The number of aliphatic hydroxyl groups excluding tert-OH is 1. The molecule has 0 bridgehead atoms. The molecule has 0 radical (unpaired) electrons. The lowest BCUT2D eigenvalue weighted by Crippen LogP contribution is -2.48. The molecule has 0 spiro atoms. The van der Waals surface area contributed by atoms with Gasteiger partial charge < -0.3 is 10.4 Å². The number of halogens is 1. The van der Waals surface area contributed by atoms with Gasteiger partial charge in [-0.05, 0) is 44.0 Å². The summed E-state index contributed by atoms with van der Waals surface area (Å²) in [6.45, 7) is 7.43. The molecule has 0 aliphatic carbocycles. The van der Waals surface area contributed by atoms with Crippen LogP contribution >= 0.6 is 0 Å². The number of aryl methyl sites for hydroxylation is 1. The largest absolute Gasteiger partial charge is 0.394 e. The van der Waals surface area contributed by atoms with Crippen molar-refractivity contribution < 1.29 is 9.50 Å². The molecule has 1 aromatic carbocycles. The van der Waals surface area contributed by atoms with Gasteiger partial charge in [0.25, 0.3) is 0 Å². The number of rotatable bonds is 3. The fraction of sp³-hybridized carbons (Fsp3) is 0.600. The number of hydrogen-bond donors (Lipinski definition) is 2. The Labute approximate surface area is 114 Å². The van der Waals surface area contributed by atoms with Crippen LogP contribution in [0.4, 0.5) is 4.39 Å². The van der Waals surface area contributed by atoms with E-state index in [-0.39, 0.29) is 12.4 Å². The van der Waals surface area contributed by atoms with Crippen molar-refractivity contribution in [3.8, 4) is 0 Å². The molecule has 2 rings (SSSR count). The van der Waals surface area contributed by atoms with Crippen molar-refractivity contribution in [2.75, 3.05) is 32.8 Å². The monoisotopic (exact) mass is 266 g/mol. The van der Waals surface area contributed by atoms with Crippen LogP contribution in [0.15, 0.2) is 18.2 Å². The van der Waals surface area contributed by atoms with Crippen LogP contribution in [0.3, 0.4) is 0 Å². The van der Waals surface area contributed by atoms with Crippen LogP contribution < -0.4 is 5.32 Å². The molecule has 106 valence electrons. The first kappa shape index (κ1) is 14.4. The fourth-order valence-corrected chi connectivity index (χ4v) is 2.64. The standard InChI is InChI=1S/C15H23FN2O/c1-12-4-5-13(10-14(12)16)15(2,11-19)18-8-3-6-17-7-9-18/h4-5,10,17,19H,3,6-9,11H2,1-2H3. The second-order valence-electron chi connectivity index (χ2n) is 5.49. The smallest absolute Gasteiger partial charge is 0.126 e. The van der Waals surface area contributed by atoms with Gasteiger partial charge in [0.15, 0.2) is 0 Å². The van der Waals surface area contributed by atoms with Gasteiger partial charge in [0.2, 0.25) is 0 Å². The highest BCUT2D eigenvalue weighted by Crippen LogP contribution is 2.29. The molecule has 0 aromatic heterocycles. The summed E-state index contributed by atoms with van der Waals surface area (Å²) in [6, 6.07) is 5.27. The molecule has 0 amide bonds. The molecule has 1 aromatic rings. The van der Waals surface area contributed by atoms with Gasteiger partial charge in [0, 0.05) is 19.6 Å². The number of hydrogen-bond acceptors (Lipinski definition) is 3. The number of nitrogens with one attached hydrogen (secondary N) is 1. The molecule has 1 aliphatic heterocycles. The Balaban J connectivity index is 2.31. The molecule has 1 unspecified atom stereocenters. The molecule has 1 saturated heterocycles. The maximum Gasteiger partial charge on any atom is 0.126 e. The van der Waals surface area contributed by atoms with Crippen LogP contribution in [0.1, 0.15) is 24.5 Å². The van der Waals surface area contributed by atoms with Crippen molar-refractivity contribution in [3.63, 3.8) is 0 Å². The van der Waals surface area contributed by atoms with E-state index in [1.54, 1.807) is 19.1 Å².